The number of para-hydroxylation sites is 1. The molecule has 0 heterocycles. The number of phenols is 1. The molecule has 0 radical (unpaired) electrons. The summed E-state index contributed by atoms with van der Waals surface area (Å²) < 4.78 is 25.4. The fraction of sp³-hybridized carbons (Fsp3) is 0.143. The Hall–Kier alpha value is -3.39. The van der Waals surface area contributed by atoms with Crippen LogP contribution < -0.4 is 9.73 Å². The highest BCUT2D eigenvalue weighted by Crippen LogP contribution is 2.25. The zero-order chi connectivity index (χ0) is 21.0. The van der Waals surface area contributed by atoms with Crippen molar-refractivity contribution in [2.24, 2.45) is 5.10 Å². The third-order valence-electron chi connectivity index (χ3n) is 4.40. The first-order chi connectivity index (χ1) is 13.8. The summed E-state index contributed by atoms with van der Waals surface area (Å²) in [5.74, 6) is -0.575. The lowest BCUT2D eigenvalue weighted by atomic mass is 10.0. The molecule has 0 spiro atoms. The monoisotopic (exact) mass is 411 g/mol. The average molecular weight is 411 g/mol. The number of nitrogens with zero attached hydrogens (tertiary/aromatic N) is 2. The Bertz CT molecular complexity index is 1190. The van der Waals surface area contributed by atoms with Gasteiger partial charge in [0.05, 0.1) is 18.2 Å². The number of aryl methyl sites for hydroxylation is 1. The molecular formula is C21H21N3O4S. The molecule has 0 atom stereocenters. The maximum Gasteiger partial charge on any atom is 0.260 e. The van der Waals surface area contributed by atoms with Gasteiger partial charge in [-0.25, -0.2) is 13.8 Å². The molecular weight excluding hydrogens is 390 g/mol. The van der Waals surface area contributed by atoms with E-state index >= 15 is 0 Å². The maximum atomic E-state index is 12.3. The summed E-state index contributed by atoms with van der Waals surface area (Å²) in [6, 6.07) is 17.7. The van der Waals surface area contributed by atoms with Crippen LogP contribution in [0.15, 0.2) is 65.8 Å². The number of benzene rings is 3. The van der Waals surface area contributed by atoms with Gasteiger partial charge in [0.1, 0.15) is 12.3 Å². The topological polar surface area (TPSA) is 99.1 Å². The van der Waals surface area contributed by atoms with Crippen LogP contribution in [0.3, 0.4) is 0 Å². The van der Waals surface area contributed by atoms with E-state index in [0.717, 1.165) is 26.9 Å². The van der Waals surface area contributed by atoms with Crippen molar-refractivity contribution >= 4 is 38.6 Å². The van der Waals surface area contributed by atoms with E-state index in [9.17, 15) is 18.3 Å². The first kappa shape index (κ1) is 20.3. The highest BCUT2D eigenvalue weighted by molar-refractivity contribution is 7.92. The van der Waals surface area contributed by atoms with Crippen LogP contribution in [0.1, 0.15) is 11.1 Å². The van der Waals surface area contributed by atoms with Gasteiger partial charge in [-0.05, 0) is 35.4 Å². The fourth-order valence-corrected chi connectivity index (χ4v) is 3.89. The molecule has 0 aliphatic heterocycles. The molecule has 0 unspecified atom stereocenters. The Labute approximate surface area is 169 Å². The normalized spacial score (nSPS) is 11.7. The molecule has 0 aliphatic carbocycles. The first-order valence-corrected chi connectivity index (χ1v) is 10.7. The van der Waals surface area contributed by atoms with Gasteiger partial charge >= 0.3 is 0 Å². The fourth-order valence-electron chi connectivity index (χ4n) is 2.98. The van der Waals surface area contributed by atoms with E-state index in [1.807, 2.05) is 24.3 Å². The molecule has 7 nitrogen and oxygen atoms in total. The molecule has 2 N–H and O–H groups in total. The molecule has 1 amide bonds. The van der Waals surface area contributed by atoms with E-state index in [1.54, 1.807) is 43.3 Å². The Morgan fingerprint density at radius 2 is 1.79 bits per heavy atom. The van der Waals surface area contributed by atoms with Gasteiger partial charge in [0, 0.05) is 5.56 Å². The molecule has 0 aromatic heterocycles. The quantitative estimate of drug-likeness (QED) is 0.481. The Kier molecular flexibility index (Phi) is 5.84. The van der Waals surface area contributed by atoms with Gasteiger partial charge in [-0.2, -0.15) is 5.10 Å². The summed E-state index contributed by atoms with van der Waals surface area (Å²) in [5, 5.41) is 15.7. The van der Waals surface area contributed by atoms with Crippen LogP contribution in [0.25, 0.3) is 10.8 Å². The van der Waals surface area contributed by atoms with Crippen LogP contribution in [0, 0.1) is 6.92 Å². The van der Waals surface area contributed by atoms with E-state index in [-0.39, 0.29) is 5.75 Å². The Morgan fingerprint density at radius 3 is 2.52 bits per heavy atom. The number of aromatic hydroxyl groups is 1. The highest BCUT2D eigenvalue weighted by Gasteiger charge is 2.21. The van der Waals surface area contributed by atoms with Gasteiger partial charge in [0.25, 0.3) is 5.91 Å². The van der Waals surface area contributed by atoms with Crippen molar-refractivity contribution in [2.75, 3.05) is 17.1 Å². The molecule has 0 fully saturated rings. The number of phenolic OH excluding ortho intramolecular Hbond substituents is 1. The van der Waals surface area contributed by atoms with Gasteiger partial charge in [0.15, 0.2) is 0 Å². The predicted octanol–water partition coefficient (Wildman–Crippen LogP) is 2.77. The smallest absolute Gasteiger partial charge is 0.260 e. The number of fused-ring (bicyclic) bond motifs is 1. The van der Waals surface area contributed by atoms with Crippen LogP contribution in [0.2, 0.25) is 0 Å². The average Bonchev–Trinajstić information content (AvgIpc) is 2.68. The minimum atomic E-state index is -3.67. The molecule has 0 bridgehead atoms. The van der Waals surface area contributed by atoms with E-state index in [0.29, 0.717) is 11.3 Å². The minimum Gasteiger partial charge on any atom is -0.507 e. The van der Waals surface area contributed by atoms with Crippen molar-refractivity contribution in [3.05, 3.63) is 71.8 Å². The summed E-state index contributed by atoms with van der Waals surface area (Å²) in [5.41, 5.74) is 3.95. The number of carbonyl (C=O) groups excluding carboxylic acids is 1. The summed E-state index contributed by atoms with van der Waals surface area (Å²) in [4.78, 5) is 12.3. The molecule has 8 heteroatoms. The number of carbonyl (C=O) groups is 1. The summed E-state index contributed by atoms with van der Waals surface area (Å²) in [6.07, 6.45) is 2.39. The lowest BCUT2D eigenvalue weighted by Gasteiger charge is -2.23. The largest absolute Gasteiger partial charge is 0.507 e. The van der Waals surface area contributed by atoms with E-state index in [2.05, 4.69) is 10.5 Å². The van der Waals surface area contributed by atoms with Gasteiger partial charge in [-0.3, -0.25) is 9.10 Å². The summed E-state index contributed by atoms with van der Waals surface area (Å²) in [7, 11) is -3.67. The first-order valence-electron chi connectivity index (χ1n) is 8.83. The second-order valence-corrected chi connectivity index (χ2v) is 8.48. The molecule has 150 valence electrons. The zero-order valence-electron chi connectivity index (χ0n) is 16.0. The molecule has 0 aliphatic rings. The highest BCUT2D eigenvalue weighted by atomic mass is 32.2. The van der Waals surface area contributed by atoms with Crippen LogP contribution >= 0.6 is 0 Å². The van der Waals surface area contributed by atoms with Crippen molar-refractivity contribution in [1.82, 2.24) is 5.43 Å². The lowest BCUT2D eigenvalue weighted by Crippen LogP contribution is -2.39. The molecule has 3 aromatic rings. The molecule has 0 saturated heterocycles. The molecule has 3 rings (SSSR count). The SMILES string of the molecule is Cc1ccccc1N(CC(=O)N/N=C\c1c(O)ccc2ccccc12)S(C)(=O)=O. The van der Waals surface area contributed by atoms with Crippen molar-refractivity contribution < 1.29 is 18.3 Å². The Morgan fingerprint density at radius 1 is 1.10 bits per heavy atom. The number of anilines is 1. The second kappa shape index (κ2) is 8.32. The number of sulfonamides is 1. The van der Waals surface area contributed by atoms with Crippen LogP contribution in [0.5, 0.6) is 5.75 Å². The number of rotatable bonds is 6. The van der Waals surface area contributed by atoms with Gasteiger partial charge in [-0.15, -0.1) is 0 Å². The van der Waals surface area contributed by atoms with E-state index < -0.39 is 22.5 Å². The molecule has 3 aromatic carbocycles. The predicted molar refractivity (Wildman–Crippen MR) is 115 cm³/mol. The van der Waals surface area contributed by atoms with Crippen molar-refractivity contribution in [3.63, 3.8) is 0 Å². The van der Waals surface area contributed by atoms with Gasteiger partial charge in [-0.1, -0.05) is 48.5 Å². The molecule has 29 heavy (non-hydrogen) atoms. The van der Waals surface area contributed by atoms with Crippen LogP contribution in [0.4, 0.5) is 5.69 Å². The standard InChI is InChI=1S/C21H21N3O4S/c1-15-7-3-6-10-19(15)24(29(2,27)28)14-21(26)23-22-13-18-17-9-5-4-8-16(17)11-12-20(18)25/h3-13,25H,14H2,1-2H3,(H,23,26)/b22-13-. The third-order valence-corrected chi connectivity index (χ3v) is 5.53. The van der Waals surface area contributed by atoms with E-state index in [1.165, 1.54) is 6.21 Å². The number of nitrogens with one attached hydrogen (secondary N) is 1. The number of hydrazone groups is 1. The third kappa shape index (κ3) is 4.72. The minimum absolute atomic E-state index is 0.0272. The summed E-state index contributed by atoms with van der Waals surface area (Å²) in [6.45, 7) is 1.36. The number of hydrogen-bond acceptors (Lipinski definition) is 5. The molecule has 0 saturated carbocycles. The van der Waals surface area contributed by atoms with Crippen molar-refractivity contribution in [1.29, 1.82) is 0 Å². The van der Waals surface area contributed by atoms with Crippen LogP contribution in [-0.4, -0.2) is 38.4 Å². The number of amides is 1. The van der Waals surface area contributed by atoms with Gasteiger partial charge < -0.3 is 5.11 Å². The second-order valence-electron chi connectivity index (χ2n) is 6.57. The van der Waals surface area contributed by atoms with Crippen LogP contribution in [-0.2, 0) is 14.8 Å². The van der Waals surface area contributed by atoms with E-state index in [4.69, 9.17) is 0 Å². The van der Waals surface area contributed by atoms with Crippen molar-refractivity contribution in [2.45, 2.75) is 6.92 Å². The zero-order valence-corrected chi connectivity index (χ0v) is 16.8. The van der Waals surface area contributed by atoms with Gasteiger partial charge in [0.2, 0.25) is 10.0 Å². The maximum absolute atomic E-state index is 12.3. The van der Waals surface area contributed by atoms with Crippen molar-refractivity contribution in [3.8, 4) is 5.75 Å². The summed E-state index contributed by atoms with van der Waals surface area (Å²) >= 11 is 0. The number of hydrogen-bond donors (Lipinski definition) is 2. The lowest BCUT2D eigenvalue weighted by molar-refractivity contribution is -0.119. The Balaban J connectivity index is 1.79.